The van der Waals surface area contributed by atoms with Gasteiger partial charge in [0, 0.05) is 0 Å². The minimum Gasteiger partial charge on any atom is -0.497 e. The van der Waals surface area contributed by atoms with Crippen molar-refractivity contribution in [2.24, 2.45) is 0 Å². The molecule has 0 N–H and O–H groups in total. The summed E-state index contributed by atoms with van der Waals surface area (Å²) in [6.07, 6.45) is -0.351. The van der Waals surface area contributed by atoms with Crippen molar-refractivity contribution in [3.63, 3.8) is 0 Å². The maximum atomic E-state index is 12.4. The number of methoxy groups -OCH3 is 1. The third-order valence-corrected chi connectivity index (χ3v) is 4.83. The number of alkyl halides is 3. The van der Waals surface area contributed by atoms with Gasteiger partial charge in [-0.25, -0.2) is 0 Å². The number of hydrogen-bond donors (Lipinski definition) is 0. The zero-order chi connectivity index (χ0) is 19.6. The molecule has 7 heteroatoms. The van der Waals surface area contributed by atoms with Gasteiger partial charge in [-0.1, -0.05) is 47.5 Å². The lowest BCUT2D eigenvalue weighted by Crippen LogP contribution is -2.16. The number of allylic oxidation sites excluding steroid dienone is 4. The average molecular weight is 414 g/mol. The summed E-state index contributed by atoms with van der Waals surface area (Å²) in [4.78, 5) is 0. The number of rotatable bonds is 4. The largest absolute Gasteiger partial charge is 0.573 e. The fourth-order valence-corrected chi connectivity index (χ4v) is 3.22. The molecule has 1 aliphatic carbocycles. The summed E-state index contributed by atoms with van der Waals surface area (Å²) in [5.41, 5.74) is 3.01. The molecule has 0 atom stereocenters. The van der Waals surface area contributed by atoms with Crippen LogP contribution in [0.4, 0.5) is 13.2 Å². The Morgan fingerprint density at radius 1 is 0.926 bits per heavy atom. The smallest absolute Gasteiger partial charge is 0.497 e. The summed E-state index contributed by atoms with van der Waals surface area (Å²) in [5.74, 6) is 0.321. The molecule has 0 saturated heterocycles. The quantitative estimate of drug-likeness (QED) is 0.540. The molecule has 27 heavy (non-hydrogen) atoms. The van der Waals surface area contributed by atoms with Crippen molar-refractivity contribution < 1.29 is 22.6 Å². The lowest BCUT2D eigenvalue weighted by atomic mass is 9.90. The molecule has 0 bridgehead atoms. The molecule has 141 valence electrons. The van der Waals surface area contributed by atoms with Gasteiger partial charge in [-0.15, -0.1) is 13.2 Å². The van der Waals surface area contributed by atoms with Crippen LogP contribution in [0, 0.1) is 6.42 Å². The van der Waals surface area contributed by atoms with Gasteiger partial charge < -0.3 is 9.47 Å². The molecule has 0 amide bonds. The molecule has 1 radical (unpaired) electrons. The van der Waals surface area contributed by atoms with Gasteiger partial charge in [-0.3, -0.25) is 0 Å². The van der Waals surface area contributed by atoms with Crippen LogP contribution in [0.5, 0.6) is 11.5 Å². The minimum atomic E-state index is -4.73. The van der Waals surface area contributed by atoms with Crippen molar-refractivity contribution in [1.29, 1.82) is 0 Å². The highest BCUT2D eigenvalue weighted by atomic mass is 35.5. The van der Waals surface area contributed by atoms with Crippen molar-refractivity contribution in [3.8, 4) is 22.6 Å². The highest BCUT2D eigenvalue weighted by Crippen LogP contribution is 2.41. The monoisotopic (exact) mass is 413 g/mol. The van der Waals surface area contributed by atoms with E-state index in [1.807, 2.05) is 12.5 Å². The standard InChI is InChI=1S/C20H14Cl2F3O2/c1-26-14-9-10-15(16-3-2-4-18(21)19(16)22)17(11-14)12-5-7-13(8-6-12)27-20(23,24)25/h3-11H,2H2,1H3. The Morgan fingerprint density at radius 2 is 1.59 bits per heavy atom. The van der Waals surface area contributed by atoms with Crippen LogP contribution < -0.4 is 9.47 Å². The fraction of sp³-hybridized carbons (Fsp3) is 0.150. The SMILES string of the molecule is COc1ccc(C2=C(Cl)C(Cl)=CC[CH]2)c(-c2ccc(OC(F)(F)F)cc2)c1. The molecule has 0 fully saturated rings. The Kier molecular flexibility index (Phi) is 5.72. The predicted molar refractivity (Wildman–Crippen MR) is 101 cm³/mol. The van der Waals surface area contributed by atoms with Crippen molar-refractivity contribution >= 4 is 28.8 Å². The second-order valence-corrected chi connectivity index (χ2v) is 6.49. The zero-order valence-corrected chi connectivity index (χ0v) is 15.6. The number of ether oxygens (including phenoxy) is 2. The van der Waals surface area contributed by atoms with E-state index in [4.69, 9.17) is 27.9 Å². The molecular formula is C20H14Cl2F3O2. The molecule has 0 unspecified atom stereocenters. The summed E-state index contributed by atoms with van der Waals surface area (Å²) in [6, 6.07) is 11.1. The van der Waals surface area contributed by atoms with E-state index in [1.54, 1.807) is 30.3 Å². The molecule has 3 rings (SSSR count). The van der Waals surface area contributed by atoms with Crippen LogP contribution in [-0.4, -0.2) is 13.5 Å². The molecule has 2 aromatic carbocycles. The summed E-state index contributed by atoms with van der Waals surface area (Å²) in [7, 11) is 1.54. The summed E-state index contributed by atoms with van der Waals surface area (Å²) >= 11 is 12.5. The van der Waals surface area contributed by atoms with Crippen LogP contribution >= 0.6 is 23.2 Å². The Morgan fingerprint density at radius 3 is 2.22 bits per heavy atom. The molecule has 2 nitrogen and oxygen atoms in total. The van der Waals surface area contributed by atoms with E-state index in [9.17, 15) is 13.2 Å². The van der Waals surface area contributed by atoms with Gasteiger partial charge in [0.15, 0.2) is 0 Å². The Labute approximate surface area is 164 Å². The molecule has 0 saturated carbocycles. The van der Waals surface area contributed by atoms with E-state index in [-0.39, 0.29) is 5.75 Å². The Hall–Kier alpha value is -2.11. The van der Waals surface area contributed by atoms with E-state index < -0.39 is 6.36 Å². The van der Waals surface area contributed by atoms with Crippen LogP contribution in [0.25, 0.3) is 16.7 Å². The molecule has 1 aliphatic rings. The average Bonchev–Trinajstić information content (AvgIpc) is 2.63. The molecule has 0 heterocycles. The number of hydrogen-bond acceptors (Lipinski definition) is 2. The first-order chi connectivity index (χ1) is 12.8. The normalized spacial score (nSPS) is 14.8. The van der Waals surface area contributed by atoms with Gasteiger partial charge >= 0.3 is 6.36 Å². The zero-order valence-electron chi connectivity index (χ0n) is 14.1. The fourth-order valence-electron chi connectivity index (χ4n) is 2.78. The van der Waals surface area contributed by atoms with Crippen LogP contribution in [0.15, 0.2) is 58.6 Å². The summed E-state index contributed by atoms with van der Waals surface area (Å²) in [5, 5.41) is 0.885. The lowest BCUT2D eigenvalue weighted by molar-refractivity contribution is -0.274. The topological polar surface area (TPSA) is 18.5 Å². The van der Waals surface area contributed by atoms with Gasteiger partial charge in [-0.05, 0) is 59.4 Å². The van der Waals surface area contributed by atoms with Crippen molar-refractivity contribution in [1.82, 2.24) is 0 Å². The second-order valence-electron chi connectivity index (χ2n) is 5.70. The van der Waals surface area contributed by atoms with Crippen LogP contribution in [0.1, 0.15) is 12.0 Å². The minimum absolute atomic E-state index is 0.289. The molecule has 0 aliphatic heterocycles. The molecule has 0 spiro atoms. The van der Waals surface area contributed by atoms with Gasteiger partial charge in [0.1, 0.15) is 11.5 Å². The Bertz CT molecular complexity index is 900. The maximum Gasteiger partial charge on any atom is 0.573 e. The first-order valence-electron chi connectivity index (χ1n) is 7.92. The first kappa shape index (κ1) is 19.6. The van der Waals surface area contributed by atoms with E-state index >= 15 is 0 Å². The number of benzene rings is 2. The summed E-state index contributed by atoms with van der Waals surface area (Å²) < 4.78 is 46.3. The Balaban J connectivity index is 2.07. The van der Waals surface area contributed by atoms with Crippen LogP contribution in [0.3, 0.4) is 0 Å². The van der Waals surface area contributed by atoms with Gasteiger partial charge in [0.25, 0.3) is 0 Å². The van der Waals surface area contributed by atoms with E-state index in [1.165, 1.54) is 19.2 Å². The van der Waals surface area contributed by atoms with Gasteiger partial charge in [0.05, 0.1) is 17.2 Å². The van der Waals surface area contributed by atoms with E-state index in [0.717, 1.165) is 16.7 Å². The maximum absolute atomic E-state index is 12.4. The highest BCUT2D eigenvalue weighted by Gasteiger charge is 2.31. The van der Waals surface area contributed by atoms with Crippen LogP contribution in [0.2, 0.25) is 0 Å². The van der Waals surface area contributed by atoms with Gasteiger partial charge in [0.2, 0.25) is 0 Å². The molecule has 2 aromatic rings. The molecule has 0 aromatic heterocycles. The van der Waals surface area contributed by atoms with Crippen LogP contribution in [-0.2, 0) is 0 Å². The third-order valence-electron chi connectivity index (χ3n) is 3.98. The van der Waals surface area contributed by atoms with Gasteiger partial charge in [-0.2, -0.15) is 0 Å². The predicted octanol–water partition coefficient (Wildman–Crippen LogP) is 6.94. The first-order valence-corrected chi connectivity index (χ1v) is 8.67. The van der Waals surface area contributed by atoms with Crippen molar-refractivity contribution in [3.05, 3.63) is 70.6 Å². The second kappa shape index (κ2) is 7.87. The lowest BCUT2D eigenvalue weighted by Gasteiger charge is -2.19. The third kappa shape index (κ3) is 4.60. The van der Waals surface area contributed by atoms with E-state index in [0.29, 0.717) is 27.8 Å². The number of halogens is 5. The van der Waals surface area contributed by atoms with Crippen molar-refractivity contribution in [2.45, 2.75) is 12.8 Å². The highest BCUT2D eigenvalue weighted by molar-refractivity contribution is 6.46. The van der Waals surface area contributed by atoms with Crippen molar-refractivity contribution in [2.75, 3.05) is 7.11 Å². The van der Waals surface area contributed by atoms with E-state index in [2.05, 4.69) is 4.74 Å². The summed E-state index contributed by atoms with van der Waals surface area (Å²) in [6.45, 7) is 0. The molecular weight excluding hydrogens is 400 g/mol.